The first-order chi connectivity index (χ1) is 10.4. The molecule has 0 aliphatic rings. The van der Waals surface area contributed by atoms with Gasteiger partial charge in [0.25, 0.3) is 0 Å². The molecule has 0 aromatic heterocycles. The minimum atomic E-state index is -3.44. The van der Waals surface area contributed by atoms with Crippen molar-refractivity contribution >= 4 is 15.9 Å². The van der Waals surface area contributed by atoms with Crippen molar-refractivity contribution in [2.45, 2.75) is 13.5 Å². The second-order valence-electron chi connectivity index (χ2n) is 4.98. The van der Waals surface area contributed by atoms with Crippen molar-refractivity contribution in [1.29, 1.82) is 0 Å². The Morgan fingerprint density at radius 1 is 1.23 bits per heavy atom. The molecule has 0 spiro atoms. The van der Waals surface area contributed by atoms with E-state index in [0.717, 1.165) is 16.1 Å². The summed E-state index contributed by atoms with van der Waals surface area (Å²) >= 11 is 0. The van der Waals surface area contributed by atoms with Crippen LogP contribution >= 0.6 is 0 Å². The molecule has 6 nitrogen and oxygen atoms in total. The Kier molecular flexibility index (Phi) is 7.50. The van der Waals surface area contributed by atoms with E-state index in [0.29, 0.717) is 13.1 Å². The van der Waals surface area contributed by atoms with E-state index in [1.165, 1.54) is 7.11 Å². The number of amides is 1. The number of carbonyl (C=O) groups excluding carboxylic acids is 1. The summed E-state index contributed by atoms with van der Waals surface area (Å²) in [5.74, 6) is -0.215. The number of hydrogen-bond donors (Lipinski definition) is 0. The second kappa shape index (κ2) is 8.87. The number of methoxy groups -OCH3 is 1. The van der Waals surface area contributed by atoms with Gasteiger partial charge in [-0.1, -0.05) is 30.3 Å². The van der Waals surface area contributed by atoms with Crippen molar-refractivity contribution < 1.29 is 17.9 Å². The van der Waals surface area contributed by atoms with Gasteiger partial charge in [-0.2, -0.15) is 4.31 Å². The lowest BCUT2D eigenvalue weighted by atomic mass is 10.2. The van der Waals surface area contributed by atoms with Crippen LogP contribution < -0.4 is 0 Å². The molecule has 0 unspecified atom stereocenters. The van der Waals surface area contributed by atoms with E-state index >= 15 is 0 Å². The van der Waals surface area contributed by atoms with Gasteiger partial charge >= 0.3 is 0 Å². The molecular weight excluding hydrogens is 304 g/mol. The summed E-state index contributed by atoms with van der Waals surface area (Å²) in [6.45, 7) is 3.13. The molecule has 0 bridgehead atoms. The van der Waals surface area contributed by atoms with E-state index in [4.69, 9.17) is 4.74 Å². The largest absolute Gasteiger partial charge is 0.383 e. The molecule has 124 valence electrons. The molecule has 0 saturated carbocycles. The molecule has 0 radical (unpaired) electrons. The monoisotopic (exact) mass is 328 g/mol. The van der Waals surface area contributed by atoms with Crippen molar-refractivity contribution in [3.05, 3.63) is 35.9 Å². The highest BCUT2D eigenvalue weighted by Crippen LogP contribution is 2.06. The highest BCUT2D eigenvalue weighted by molar-refractivity contribution is 7.88. The van der Waals surface area contributed by atoms with E-state index in [1.54, 1.807) is 4.90 Å². The summed E-state index contributed by atoms with van der Waals surface area (Å²) < 4.78 is 29.5. The fourth-order valence-corrected chi connectivity index (χ4v) is 2.74. The molecule has 0 atom stereocenters. The van der Waals surface area contributed by atoms with E-state index < -0.39 is 10.0 Å². The summed E-state index contributed by atoms with van der Waals surface area (Å²) in [5.41, 5.74) is 1.01. The maximum atomic E-state index is 12.4. The van der Waals surface area contributed by atoms with Crippen LogP contribution in [-0.4, -0.2) is 63.1 Å². The average molecular weight is 328 g/mol. The third kappa shape index (κ3) is 6.13. The Balaban J connectivity index is 2.73. The summed E-state index contributed by atoms with van der Waals surface area (Å²) in [6.07, 6.45) is 1.10. The third-order valence-corrected chi connectivity index (χ3v) is 4.53. The highest BCUT2D eigenvalue weighted by Gasteiger charge is 2.22. The van der Waals surface area contributed by atoms with Crippen molar-refractivity contribution in [3.63, 3.8) is 0 Å². The number of rotatable bonds is 9. The van der Waals surface area contributed by atoms with Gasteiger partial charge < -0.3 is 9.64 Å². The molecule has 1 aromatic rings. The van der Waals surface area contributed by atoms with Crippen LogP contribution in [0.5, 0.6) is 0 Å². The standard InChI is InChI=1S/C15H24N2O4S/c1-4-16(12-14-8-6-5-7-9-14)15(18)13-17(10-11-21-2)22(3,19)20/h5-9H,4,10-13H2,1-3H3. The van der Waals surface area contributed by atoms with Crippen LogP contribution in [0.4, 0.5) is 0 Å². The lowest BCUT2D eigenvalue weighted by Crippen LogP contribution is -2.43. The Labute approximate surface area is 132 Å². The van der Waals surface area contributed by atoms with Crippen LogP contribution in [0.1, 0.15) is 12.5 Å². The molecule has 0 aliphatic carbocycles. The van der Waals surface area contributed by atoms with E-state index in [2.05, 4.69) is 0 Å². The molecule has 0 aliphatic heterocycles. The molecule has 1 aromatic carbocycles. The Morgan fingerprint density at radius 3 is 2.36 bits per heavy atom. The number of benzene rings is 1. The first kappa shape index (κ1) is 18.6. The smallest absolute Gasteiger partial charge is 0.238 e. The third-order valence-electron chi connectivity index (χ3n) is 3.28. The van der Waals surface area contributed by atoms with Crippen LogP contribution in [0.3, 0.4) is 0 Å². The van der Waals surface area contributed by atoms with Crippen LogP contribution in [-0.2, 0) is 26.1 Å². The van der Waals surface area contributed by atoms with Gasteiger partial charge in [0.1, 0.15) is 0 Å². The van der Waals surface area contributed by atoms with Gasteiger partial charge in [-0.15, -0.1) is 0 Å². The Hall–Kier alpha value is -1.44. The first-order valence-corrected chi connectivity index (χ1v) is 8.99. The molecule has 1 rings (SSSR count). The maximum absolute atomic E-state index is 12.4. The van der Waals surface area contributed by atoms with Crippen LogP contribution in [0.15, 0.2) is 30.3 Å². The lowest BCUT2D eigenvalue weighted by molar-refractivity contribution is -0.131. The molecule has 7 heteroatoms. The highest BCUT2D eigenvalue weighted by atomic mass is 32.2. The summed E-state index contributed by atoms with van der Waals surface area (Å²) in [7, 11) is -1.94. The topological polar surface area (TPSA) is 66.9 Å². The van der Waals surface area contributed by atoms with Gasteiger partial charge in [0, 0.05) is 26.7 Å². The first-order valence-electron chi connectivity index (χ1n) is 7.14. The molecule has 22 heavy (non-hydrogen) atoms. The number of carbonyl (C=O) groups is 1. The van der Waals surface area contributed by atoms with Crippen molar-refractivity contribution in [2.75, 3.05) is 39.6 Å². The van der Waals surface area contributed by atoms with Crippen molar-refractivity contribution in [2.24, 2.45) is 0 Å². The minimum Gasteiger partial charge on any atom is -0.383 e. The summed E-state index contributed by atoms with van der Waals surface area (Å²) in [4.78, 5) is 14.0. The molecule has 0 heterocycles. The zero-order valence-corrected chi connectivity index (χ0v) is 14.2. The van der Waals surface area contributed by atoms with E-state index in [1.807, 2.05) is 37.3 Å². The number of sulfonamides is 1. The second-order valence-corrected chi connectivity index (χ2v) is 6.97. The molecular formula is C15H24N2O4S. The van der Waals surface area contributed by atoms with Crippen LogP contribution in [0, 0.1) is 0 Å². The molecule has 0 fully saturated rings. The van der Waals surface area contributed by atoms with Crippen molar-refractivity contribution in [1.82, 2.24) is 9.21 Å². The normalized spacial score (nSPS) is 11.6. The number of hydrogen-bond acceptors (Lipinski definition) is 4. The fraction of sp³-hybridized carbons (Fsp3) is 0.533. The van der Waals surface area contributed by atoms with E-state index in [9.17, 15) is 13.2 Å². The number of ether oxygens (including phenoxy) is 1. The summed E-state index contributed by atoms with van der Waals surface area (Å²) in [6, 6.07) is 9.62. The predicted molar refractivity (Wildman–Crippen MR) is 85.8 cm³/mol. The fourth-order valence-electron chi connectivity index (χ4n) is 1.99. The lowest BCUT2D eigenvalue weighted by Gasteiger charge is -2.25. The summed E-state index contributed by atoms with van der Waals surface area (Å²) in [5, 5.41) is 0. The molecule has 1 amide bonds. The molecule has 0 saturated heterocycles. The Morgan fingerprint density at radius 2 is 1.86 bits per heavy atom. The van der Waals surface area contributed by atoms with Crippen molar-refractivity contribution in [3.8, 4) is 0 Å². The van der Waals surface area contributed by atoms with Gasteiger partial charge in [-0.25, -0.2) is 8.42 Å². The molecule has 0 N–H and O–H groups in total. The minimum absolute atomic E-state index is 0.164. The zero-order chi connectivity index (χ0) is 16.6. The SMILES string of the molecule is CCN(Cc1ccccc1)C(=O)CN(CCOC)S(C)(=O)=O. The van der Waals surface area contributed by atoms with Gasteiger partial charge in [0.15, 0.2) is 0 Å². The Bertz CT molecular complexity index is 560. The van der Waals surface area contributed by atoms with Gasteiger partial charge in [0.05, 0.1) is 19.4 Å². The van der Waals surface area contributed by atoms with Gasteiger partial charge in [-0.05, 0) is 12.5 Å². The number of nitrogens with zero attached hydrogens (tertiary/aromatic N) is 2. The van der Waals surface area contributed by atoms with E-state index in [-0.39, 0.29) is 25.6 Å². The zero-order valence-electron chi connectivity index (χ0n) is 13.4. The maximum Gasteiger partial charge on any atom is 0.238 e. The van der Waals surface area contributed by atoms with Crippen LogP contribution in [0.2, 0.25) is 0 Å². The average Bonchev–Trinajstić information content (AvgIpc) is 2.48. The van der Waals surface area contributed by atoms with Gasteiger partial charge in [-0.3, -0.25) is 4.79 Å². The number of likely N-dealkylation sites (N-methyl/N-ethyl adjacent to an activating group) is 1. The quantitative estimate of drug-likeness (QED) is 0.677. The van der Waals surface area contributed by atoms with Gasteiger partial charge in [0.2, 0.25) is 15.9 Å². The predicted octanol–water partition coefficient (Wildman–Crippen LogP) is 0.943. The van der Waals surface area contributed by atoms with Crippen LogP contribution in [0.25, 0.3) is 0 Å².